The molecular weight excluding hydrogens is 439 g/mol. The molecule has 1 aromatic heterocycles. The second kappa shape index (κ2) is 10.4. The molecule has 3 aromatic rings. The van der Waals surface area contributed by atoms with Crippen LogP contribution in [-0.4, -0.2) is 41.5 Å². The summed E-state index contributed by atoms with van der Waals surface area (Å²) in [5.41, 5.74) is 1.21. The third-order valence-corrected chi connectivity index (χ3v) is 5.50. The van der Waals surface area contributed by atoms with Crippen molar-refractivity contribution in [2.24, 2.45) is 0 Å². The minimum atomic E-state index is -0.418. The first kappa shape index (κ1) is 23.4. The van der Waals surface area contributed by atoms with Crippen LogP contribution in [0, 0.1) is 12.7 Å². The van der Waals surface area contributed by atoms with Gasteiger partial charge in [0.05, 0.1) is 6.54 Å². The lowest BCUT2D eigenvalue weighted by molar-refractivity contribution is -0.133. The van der Waals surface area contributed by atoms with Crippen LogP contribution in [0.25, 0.3) is 0 Å². The highest BCUT2D eigenvalue weighted by atomic mass is 19.1. The van der Waals surface area contributed by atoms with Crippen molar-refractivity contribution in [3.8, 4) is 11.5 Å². The van der Waals surface area contributed by atoms with Crippen LogP contribution < -0.4 is 9.47 Å². The van der Waals surface area contributed by atoms with Crippen LogP contribution in [0.2, 0.25) is 0 Å². The van der Waals surface area contributed by atoms with Crippen molar-refractivity contribution < 1.29 is 27.9 Å². The van der Waals surface area contributed by atoms with Crippen LogP contribution in [0.15, 0.2) is 59.0 Å². The molecule has 0 fully saturated rings. The highest BCUT2D eigenvalue weighted by molar-refractivity contribution is 5.96. The first-order chi connectivity index (χ1) is 16.4. The van der Waals surface area contributed by atoms with E-state index in [4.69, 9.17) is 13.9 Å². The van der Waals surface area contributed by atoms with Gasteiger partial charge in [-0.25, -0.2) is 4.39 Å². The fourth-order valence-electron chi connectivity index (χ4n) is 3.81. The van der Waals surface area contributed by atoms with Crippen LogP contribution in [0.1, 0.15) is 40.8 Å². The van der Waals surface area contributed by atoms with Gasteiger partial charge in [-0.2, -0.15) is 0 Å². The predicted octanol–water partition coefficient (Wildman–Crippen LogP) is 4.54. The molecule has 2 heterocycles. The number of hydrogen-bond donors (Lipinski definition) is 0. The topological polar surface area (TPSA) is 72.2 Å². The smallest absolute Gasteiger partial charge is 0.254 e. The Bertz CT molecular complexity index is 1160. The molecule has 2 aromatic carbocycles. The minimum absolute atomic E-state index is 0.103. The molecule has 1 aliphatic rings. The first-order valence-corrected chi connectivity index (χ1v) is 11.2. The van der Waals surface area contributed by atoms with E-state index in [9.17, 15) is 14.0 Å². The number of benzene rings is 2. The van der Waals surface area contributed by atoms with Gasteiger partial charge in [-0.05, 0) is 67.4 Å². The molecule has 1 aliphatic heterocycles. The van der Waals surface area contributed by atoms with Gasteiger partial charge in [-0.15, -0.1) is 0 Å². The van der Waals surface area contributed by atoms with E-state index in [2.05, 4.69) is 0 Å². The van der Waals surface area contributed by atoms with Crippen LogP contribution >= 0.6 is 0 Å². The number of carbonyl (C=O) groups excluding carboxylic acids is 2. The van der Waals surface area contributed by atoms with E-state index in [0.29, 0.717) is 42.3 Å². The van der Waals surface area contributed by atoms with Crippen molar-refractivity contribution in [1.82, 2.24) is 9.80 Å². The standard InChI is InChI=1S/C26H27FN2O5/c1-3-12-28(26(31)20-6-8-21(27)9-7-20)16-25(30)29(15-22-10-4-18(2)34-22)14-19-5-11-23-24(13-19)33-17-32-23/h4-11,13H,3,12,14-17H2,1-2H3. The summed E-state index contributed by atoms with van der Waals surface area (Å²) in [5.74, 6) is 1.75. The number of halogens is 1. The van der Waals surface area contributed by atoms with Crippen molar-refractivity contribution in [3.63, 3.8) is 0 Å². The van der Waals surface area contributed by atoms with Gasteiger partial charge in [0.15, 0.2) is 11.5 Å². The molecule has 4 rings (SSSR count). The summed E-state index contributed by atoms with van der Waals surface area (Å²) in [5, 5.41) is 0. The van der Waals surface area contributed by atoms with Gasteiger partial charge < -0.3 is 23.7 Å². The van der Waals surface area contributed by atoms with Crippen molar-refractivity contribution in [1.29, 1.82) is 0 Å². The molecule has 2 amide bonds. The van der Waals surface area contributed by atoms with Crippen LogP contribution in [-0.2, 0) is 17.9 Å². The molecule has 0 spiro atoms. The Morgan fingerprint density at radius 3 is 2.41 bits per heavy atom. The largest absolute Gasteiger partial charge is 0.464 e. The Labute approximate surface area is 197 Å². The van der Waals surface area contributed by atoms with Gasteiger partial charge >= 0.3 is 0 Å². The molecule has 0 N–H and O–H groups in total. The van der Waals surface area contributed by atoms with Gasteiger partial charge in [-0.3, -0.25) is 9.59 Å². The second-order valence-corrected chi connectivity index (χ2v) is 8.18. The lowest BCUT2D eigenvalue weighted by Crippen LogP contribution is -2.42. The van der Waals surface area contributed by atoms with Crippen LogP contribution in [0.5, 0.6) is 11.5 Å². The Morgan fingerprint density at radius 2 is 1.71 bits per heavy atom. The monoisotopic (exact) mass is 466 g/mol. The number of aryl methyl sites for hydroxylation is 1. The van der Waals surface area contributed by atoms with E-state index in [-0.39, 0.29) is 31.7 Å². The summed E-state index contributed by atoms with van der Waals surface area (Å²) in [6.07, 6.45) is 0.680. The predicted molar refractivity (Wildman–Crippen MR) is 123 cm³/mol. The molecule has 0 saturated carbocycles. The number of rotatable bonds is 9. The molecule has 8 heteroatoms. The average molecular weight is 467 g/mol. The quantitative estimate of drug-likeness (QED) is 0.463. The van der Waals surface area contributed by atoms with Crippen molar-refractivity contribution in [2.45, 2.75) is 33.4 Å². The molecule has 178 valence electrons. The lowest BCUT2D eigenvalue weighted by Gasteiger charge is -2.27. The molecule has 34 heavy (non-hydrogen) atoms. The zero-order valence-electron chi connectivity index (χ0n) is 19.3. The third-order valence-electron chi connectivity index (χ3n) is 5.50. The molecule has 0 atom stereocenters. The van der Waals surface area contributed by atoms with E-state index < -0.39 is 5.82 Å². The summed E-state index contributed by atoms with van der Waals surface area (Å²) < 4.78 is 29.8. The summed E-state index contributed by atoms with van der Waals surface area (Å²) in [4.78, 5) is 29.6. The number of ether oxygens (including phenoxy) is 2. The van der Waals surface area contributed by atoms with Gasteiger partial charge in [0.2, 0.25) is 12.7 Å². The Balaban J connectivity index is 1.54. The van der Waals surface area contributed by atoms with Crippen molar-refractivity contribution >= 4 is 11.8 Å². The van der Waals surface area contributed by atoms with E-state index >= 15 is 0 Å². The number of furan rings is 1. The van der Waals surface area contributed by atoms with Crippen LogP contribution in [0.4, 0.5) is 4.39 Å². The SMILES string of the molecule is CCCN(CC(=O)N(Cc1ccc2c(c1)OCO2)Cc1ccc(C)o1)C(=O)c1ccc(F)cc1. The number of hydrogen-bond acceptors (Lipinski definition) is 5. The Hall–Kier alpha value is -3.81. The van der Waals surface area contributed by atoms with Gasteiger partial charge in [0.1, 0.15) is 23.9 Å². The molecule has 0 radical (unpaired) electrons. The highest BCUT2D eigenvalue weighted by Gasteiger charge is 2.24. The van der Waals surface area contributed by atoms with Gasteiger partial charge in [-0.1, -0.05) is 13.0 Å². The fourth-order valence-corrected chi connectivity index (χ4v) is 3.81. The molecule has 0 unspecified atom stereocenters. The molecule has 0 saturated heterocycles. The molecule has 0 aliphatic carbocycles. The van der Waals surface area contributed by atoms with Crippen LogP contribution in [0.3, 0.4) is 0 Å². The molecular formula is C26H27FN2O5. The zero-order chi connectivity index (χ0) is 24.1. The number of carbonyl (C=O) groups is 2. The summed E-state index contributed by atoms with van der Waals surface area (Å²) in [7, 11) is 0. The van der Waals surface area contributed by atoms with E-state index in [0.717, 1.165) is 11.3 Å². The van der Waals surface area contributed by atoms with E-state index in [1.807, 2.05) is 44.2 Å². The Kier molecular flexibility index (Phi) is 7.15. The highest BCUT2D eigenvalue weighted by Crippen LogP contribution is 2.33. The first-order valence-electron chi connectivity index (χ1n) is 11.2. The normalized spacial score (nSPS) is 12.0. The lowest BCUT2D eigenvalue weighted by atomic mass is 10.1. The number of nitrogens with zero attached hydrogens (tertiary/aromatic N) is 2. The van der Waals surface area contributed by atoms with E-state index in [1.165, 1.54) is 29.2 Å². The molecule has 7 nitrogen and oxygen atoms in total. The van der Waals surface area contributed by atoms with Crippen molar-refractivity contribution in [2.75, 3.05) is 19.9 Å². The average Bonchev–Trinajstić information content (AvgIpc) is 3.46. The summed E-state index contributed by atoms with van der Waals surface area (Å²) >= 11 is 0. The zero-order valence-corrected chi connectivity index (χ0v) is 19.3. The maximum absolute atomic E-state index is 13.4. The minimum Gasteiger partial charge on any atom is -0.464 e. The second-order valence-electron chi connectivity index (χ2n) is 8.18. The Morgan fingerprint density at radius 1 is 0.941 bits per heavy atom. The van der Waals surface area contributed by atoms with E-state index in [1.54, 1.807) is 4.90 Å². The van der Waals surface area contributed by atoms with Gasteiger partial charge in [0.25, 0.3) is 5.91 Å². The van der Waals surface area contributed by atoms with Gasteiger partial charge in [0, 0.05) is 18.7 Å². The third kappa shape index (κ3) is 5.57. The fraction of sp³-hybridized carbons (Fsp3) is 0.308. The molecule has 0 bridgehead atoms. The maximum atomic E-state index is 13.4. The maximum Gasteiger partial charge on any atom is 0.254 e. The summed E-state index contributed by atoms with van der Waals surface area (Å²) in [6, 6.07) is 14.6. The summed E-state index contributed by atoms with van der Waals surface area (Å²) in [6.45, 7) is 4.81. The number of fused-ring (bicyclic) bond motifs is 1. The van der Waals surface area contributed by atoms with Crippen molar-refractivity contribution in [3.05, 3.63) is 83.1 Å². The number of amides is 2.